The molecular formula is C13H21N5O. The molecule has 2 unspecified atom stereocenters. The zero-order chi connectivity index (χ0) is 13.2. The molecule has 1 aliphatic heterocycles. The van der Waals surface area contributed by atoms with E-state index in [2.05, 4.69) is 10.2 Å². The zero-order valence-corrected chi connectivity index (χ0v) is 11.2. The molecule has 6 nitrogen and oxygen atoms in total. The largest absolute Gasteiger partial charge is 0.333 e. The fourth-order valence-electron chi connectivity index (χ4n) is 3.13. The average molecular weight is 263 g/mol. The van der Waals surface area contributed by atoms with Crippen LogP contribution in [0.3, 0.4) is 0 Å². The van der Waals surface area contributed by atoms with Crippen LogP contribution in [0.5, 0.6) is 0 Å². The van der Waals surface area contributed by atoms with E-state index in [1.165, 1.54) is 6.42 Å². The molecule has 0 bridgehead atoms. The highest BCUT2D eigenvalue weighted by Gasteiger charge is 2.32. The Balaban J connectivity index is 1.70. The first kappa shape index (κ1) is 12.6. The highest BCUT2D eigenvalue weighted by molar-refractivity contribution is 5.79. The molecule has 1 amide bonds. The second-order valence-electron chi connectivity index (χ2n) is 5.61. The summed E-state index contributed by atoms with van der Waals surface area (Å²) >= 11 is 0. The van der Waals surface area contributed by atoms with E-state index >= 15 is 0 Å². The van der Waals surface area contributed by atoms with Gasteiger partial charge in [0.25, 0.3) is 0 Å². The van der Waals surface area contributed by atoms with E-state index < -0.39 is 0 Å². The summed E-state index contributed by atoms with van der Waals surface area (Å²) < 4.78 is 2.01. The van der Waals surface area contributed by atoms with E-state index in [-0.39, 0.29) is 17.9 Å². The van der Waals surface area contributed by atoms with Gasteiger partial charge in [-0.15, -0.1) is 10.2 Å². The minimum atomic E-state index is -0.00280. The molecule has 6 heteroatoms. The summed E-state index contributed by atoms with van der Waals surface area (Å²) in [7, 11) is 0. The van der Waals surface area contributed by atoms with Crippen molar-refractivity contribution in [2.24, 2.45) is 11.7 Å². The summed E-state index contributed by atoms with van der Waals surface area (Å²) in [5.74, 6) is 1.09. The second kappa shape index (κ2) is 5.28. The van der Waals surface area contributed by atoms with Gasteiger partial charge in [-0.25, -0.2) is 0 Å². The first-order valence-corrected chi connectivity index (χ1v) is 7.17. The topological polar surface area (TPSA) is 77.0 Å². The van der Waals surface area contributed by atoms with Crippen LogP contribution in [0.4, 0.5) is 0 Å². The van der Waals surface area contributed by atoms with Crippen LogP contribution in [-0.4, -0.2) is 38.2 Å². The summed E-state index contributed by atoms with van der Waals surface area (Å²) in [6.07, 6.45) is 7.11. The van der Waals surface area contributed by atoms with Gasteiger partial charge in [-0.05, 0) is 12.8 Å². The summed E-state index contributed by atoms with van der Waals surface area (Å²) in [6, 6.07) is 0.0230. The molecule has 19 heavy (non-hydrogen) atoms. The van der Waals surface area contributed by atoms with Crippen molar-refractivity contribution in [3.63, 3.8) is 0 Å². The van der Waals surface area contributed by atoms with E-state index in [1.807, 2.05) is 9.47 Å². The van der Waals surface area contributed by atoms with Crippen molar-refractivity contribution in [1.82, 2.24) is 19.7 Å². The number of rotatable bonds is 1. The molecule has 0 aromatic carbocycles. The molecule has 1 aliphatic carbocycles. The minimum absolute atomic E-state index is 0.00280. The molecule has 0 spiro atoms. The third-order valence-electron chi connectivity index (χ3n) is 4.34. The average Bonchev–Trinajstić information content (AvgIpc) is 2.79. The van der Waals surface area contributed by atoms with E-state index in [9.17, 15) is 4.79 Å². The highest BCUT2D eigenvalue weighted by atomic mass is 16.2. The molecule has 1 fully saturated rings. The molecule has 0 saturated heterocycles. The maximum absolute atomic E-state index is 12.6. The van der Waals surface area contributed by atoms with E-state index in [0.717, 1.165) is 44.6 Å². The fourth-order valence-corrected chi connectivity index (χ4v) is 3.13. The minimum Gasteiger partial charge on any atom is -0.333 e. The molecule has 104 valence electrons. The number of carbonyl (C=O) groups excluding carboxylic acids is 1. The van der Waals surface area contributed by atoms with Gasteiger partial charge in [0.15, 0.2) is 5.82 Å². The highest BCUT2D eigenvalue weighted by Crippen LogP contribution is 2.25. The van der Waals surface area contributed by atoms with Crippen molar-refractivity contribution < 1.29 is 4.79 Å². The fraction of sp³-hybridized carbons (Fsp3) is 0.769. The predicted molar refractivity (Wildman–Crippen MR) is 70.0 cm³/mol. The number of hydrogen-bond acceptors (Lipinski definition) is 4. The third kappa shape index (κ3) is 2.49. The summed E-state index contributed by atoms with van der Waals surface area (Å²) in [5.41, 5.74) is 6.18. The first-order chi connectivity index (χ1) is 9.25. The lowest BCUT2D eigenvalue weighted by molar-refractivity contribution is -0.138. The number of aromatic nitrogens is 3. The molecule has 1 aromatic rings. The number of nitrogens with zero attached hydrogens (tertiary/aromatic N) is 4. The zero-order valence-electron chi connectivity index (χ0n) is 11.2. The lowest BCUT2D eigenvalue weighted by Gasteiger charge is -2.32. The lowest BCUT2D eigenvalue weighted by Crippen LogP contribution is -2.46. The number of fused-ring (bicyclic) bond motifs is 1. The Bertz CT molecular complexity index is 458. The standard InChI is InChI=1S/C13H21N5O/c14-11-5-3-1-2-4-10(11)13(19)17-6-7-18-9-15-16-12(18)8-17/h9-11H,1-8,14H2. The van der Waals surface area contributed by atoms with Gasteiger partial charge in [0, 0.05) is 19.1 Å². The van der Waals surface area contributed by atoms with Crippen LogP contribution in [0.25, 0.3) is 0 Å². The van der Waals surface area contributed by atoms with Crippen LogP contribution in [-0.2, 0) is 17.9 Å². The number of amides is 1. The van der Waals surface area contributed by atoms with Crippen LogP contribution in [0.1, 0.15) is 37.9 Å². The SMILES string of the molecule is NC1CCCCCC1C(=O)N1CCn2cnnc2C1. The maximum Gasteiger partial charge on any atom is 0.227 e. The molecule has 2 heterocycles. The third-order valence-corrected chi connectivity index (χ3v) is 4.34. The molecule has 2 aliphatic rings. The summed E-state index contributed by atoms with van der Waals surface area (Å²) in [6.45, 7) is 2.10. The van der Waals surface area contributed by atoms with Crippen LogP contribution in [0.15, 0.2) is 6.33 Å². The van der Waals surface area contributed by atoms with Gasteiger partial charge < -0.3 is 15.2 Å². The second-order valence-corrected chi connectivity index (χ2v) is 5.61. The number of carbonyl (C=O) groups is 1. The van der Waals surface area contributed by atoms with Crippen molar-refractivity contribution in [2.75, 3.05) is 6.54 Å². The van der Waals surface area contributed by atoms with Gasteiger partial charge in [0.2, 0.25) is 5.91 Å². The molecular weight excluding hydrogens is 242 g/mol. The van der Waals surface area contributed by atoms with E-state index in [4.69, 9.17) is 5.73 Å². The van der Waals surface area contributed by atoms with Crippen molar-refractivity contribution in [2.45, 2.75) is 51.2 Å². The molecule has 0 radical (unpaired) electrons. The van der Waals surface area contributed by atoms with E-state index in [0.29, 0.717) is 6.54 Å². The monoisotopic (exact) mass is 263 g/mol. The quantitative estimate of drug-likeness (QED) is 0.750. The smallest absolute Gasteiger partial charge is 0.227 e. The predicted octanol–water partition coefficient (Wildman–Crippen LogP) is 0.528. The van der Waals surface area contributed by atoms with Crippen LogP contribution in [0.2, 0.25) is 0 Å². The van der Waals surface area contributed by atoms with Crippen molar-refractivity contribution in [1.29, 1.82) is 0 Å². The van der Waals surface area contributed by atoms with Crippen LogP contribution < -0.4 is 5.73 Å². The molecule has 1 saturated carbocycles. The van der Waals surface area contributed by atoms with Crippen molar-refractivity contribution >= 4 is 5.91 Å². The summed E-state index contributed by atoms with van der Waals surface area (Å²) in [5, 5.41) is 7.95. The maximum atomic E-state index is 12.6. The summed E-state index contributed by atoms with van der Waals surface area (Å²) in [4.78, 5) is 14.5. The van der Waals surface area contributed by atoms with Gasteiger partial charge >= 0.3 is 0 Å². The Morgan fingerprint density at radius 1 is 1.26 bits per heavy atom. The van der Waals surface area contributed by atoms with Gasteiger partial charge in [0.1, 0.15) is 6.33 Å². The Labute approximate surface area is 113 Å². The van der Waals surface area contributed by atoms with Crippen molar-refractivity contribution in [3.05, 3.63) is 12.2 Å². The van der Waals surface area contributed by atoms with Crippen molar-refractivity contribution in [3.8, 4) is 0 Å². The molecule has 3 rings (SSSR count). The van der Waals surface area contributed by atoms with Gasteiger partial charge in [-0.1, -0.05) is 19.3 Å². The number of nitrogens with two attached hydrogens (primary N) is 1. The molecule has 2 atom stereocenters. The van der Waals surface area contributed by atoms with Crippen LogP contribution in [0, 0.1) is 5.92 Å². The number of hydrogen-bond donors (Lipinski definition) is 1. The Hall–Kier alpha value is -1.43. The van der Waals surface area contributed by atoms with Gasteiger partial charge in [-0.2, -0.15) is 0 Å². The Kier molecular flexibility index (Phi) is 3.50. The Morgan fingerprint density at radius 2 is 2.11 bits per heavy atom. The molecule has 2 N–H and O–H groups in total. The van der Waals surface area contributed by atoms with Gasteiger partial charge in [0.05, 0.1) is 12.5 Å². The Morgan fingerprint density at radius 3 is 3.00 bits per heavy atom. The normalized spacial score (nSPS) is 27.7. The van der Waals surface area contributed by atoms with E-state index in [1.54, 1.807) is 6.33 Å². The first-order valence-electron chi connectivity index (χ1n) is 7.17. The van der Waals surface area contributed by atoms with Gasteiger partial charge in [-0.3, -0.25) is 4.79 Å². The lowest BCUT2D eigenvalue weighted by atomic mass is 9.94. The molecule has 1 aromatic heterocycles. The van der Waals surface area contributed by atoms with Crippen LogP contribution >= 0.6 is 0 Å².